The smallest absolute Gasteiger partial charge is 0.280 e. The number of benzene rings is 1. The topological polar surface area (TPSA) is 112 Å². The summed E-state index contributed by atoms with van der Waals surface area (Å²) in [5, 5.41) is 0.984. The second-order valence-electron chi connectivity index (χ2n) is 5.01. The van der Waals surface area contributed by atoms with Gasteiger partial charge in [-0.15, -0.1) is 0 Å². The molecule has 0 radical (unpaired) electrons. The minimum atomic E-state index is -0.573. The molecule has 2 aromatic rings. The van der Waals surface area contributed by atoms with Crippen molar-refractivity contribution < 1.29 is 14.4 Å². The normalized spacial score (nSPS) is 13.1. The molecule has 1 aromatic heterocycles. The van der Waals surface area contributed by atoms with Gasteiger partial charge in [-0.1, -0.05) is 23.9 Å². The molecule has 0 fully saturated rings. The highest BCUT2D eigenvalue weighted by Crippen LogP contribution is 2.20. The van der Waals surface area contributed by atoms with Crippen molar-refractivity contribution in [2.24, 2.45) is 0 Å². The number of imide groups is 1. The van der Waals surface area contributed by atoms with Crippen LogP contribution in [0.2, 0.25) is 0 Å². The Morgan fingerprint density at radius 2 is 1.83 bits per heavy atom. The Morgan fingerprint density at radius 1 is 1.21 bits per heavy atom. The molecular formula is C15H12N4O4S. The highest BCUT2D eigenvalue weighted by Gasteiger charge is 2.36. The summed E-state index contributed by atoms with van der Waals surface area (Å²) >= 11 is 0.999. The van der Waals surface area contributed by atoms with E-state index in [1.54, 1.807) is 19.1 Å². The summed E-state index contributed by atoms with van der Waals surface area (Å²) in [5.74, 6) is -1.81. The summed E-state index contributed by atoms with van der Waals surface area (Å²) in [4.78, 5) is 54.2. The van der Waals surface area contributed by atoms with Crippen LogP contribution in [-0.2, 0) is 4.79 Å². The SMILES string of the molecule is Cc1cc(=O)[nH]c(SCC(=O)NN2C(=O)c3ccccc3C2=O)n1. The first-order chi connectivity index (χ1) is 11.5. The van der Waals surface area contributed by atoms with Gasteiger partial charge in [0.15, 0.2) is 5.16 Å². The van der Waals surface area contributed by atoms with E-state index in [0.717, 1.165) is 11.8 Å². The van der Waals surface area contributed by atoms with Crippen LogP contribution in [0.5, 0.6) is 0 Å². The van der Waals surface area contributed by atoms with Crippen LogP contribution in [0.15, 0.2) is 40.3 Å². The van der Waals surface area contributed by atoms with E-state index < -0.39 is 17.7 Å². The fraction of sp³-hybridized carbons (Fsp3) is 0.133. The molecule has 24 heavy (non-hydrogen) atoms. The van der Waals surface area contributed by atoms with Crippen LogP contribution in [0, 0.1) is 6.92 Å². The number of amides is 3. The molecule has 0 unspecified atom stereocenters. The molecule has 3 amide bonds. The number of hydrogen-bond donors (Lipinski definition) is 2. The lowest BCUT2D eigenvalue weighted by atomic mass is 10.1. The van der Waals surface area contributed by atoms with Crippen LogP contribution in [0.3, 0.4) is 0 Å². The summed E-state index contributed by atoms with van der Waals surface area (Å²) in [7, 11) is 0. The van der Waals surface area contributed by atoms with Crippen LogP contribution < -0.4 is 11.0 Å². The van der Waals surface area contributed by atoms with Crippen LogP contribution in [-0.4, -0.2) is 38.5 Å². The summed E-state index contributed by atoms with van der Waals surface area (Å²) < 4.78 is 0. The number of aromatic nitrogens is 2. The van der Waals surface area contributed by atoms with Gasteiger partial charge in [-0.3, -0.25) is 24.6 Å². The van der Waals surface area contributed by atoms with Crippen LogP contribution in [0.1, 0.15) is 26.4 Å². The number of carbonyl (C=O) groups excluding carboxylic acids is 3. The lowest BCUT2D eigenvalue weighted by Crippen LogP contribution is -2.46. The van der Waals surface area contributed by atoms with Crippen molar-refractivity contribution in [3.05, 3.63) is 57.5 Å². The third kappa shape index (κ3) is 3.06. The van der Waals surface area contributed by atoms with E-state index in [4.69, 9.17) is 0 Å². The van der Waals surface area contributed by atoms with E-state index in [2.05, 4.69) is 15.4 Å². The maximum Gasteiger partial charge on any atom is 0.280 e. The Balaban J connectivity index is 1.65. The molecule has 9 heteroatoms. The number of rotatable bonds is 4. The second kappa shape index (κ2) is 6.28. The number of hydrazine groups is 1. The van der Waals surface area contributed by atoms with Gasteiger partial charge in [-0.2, -0.15) is 5.01 Å². The first kappa shape index (κ1) is 15.9. The monoisotopic (exact) mass is 344 g/mol. The number of aryl methyl sites for hydroxylation is 1. The molecule has 3 rings (SSSR count). The first-order valence-electron chi connectivity index (χ1n) is 6.94. The molecule has 1 aliphatic heterocycles. The van der Waals surface area contributed by atoms with E-state index in [0.29, 0.717) is 10.7 Å². The van der Waals surface area contributed by atoms with Crippen molar-refractivity contribution in [2.75, 3.05) is 5.75 Å². The zero-order chi connectivity index (χ0) is 17.3. The molecule has 1 aliphatic rings. The van der Waals surface area contributed by atoms with Crippen molar-refractivity contribution in [1.82, 2.24) is 20.4 Å². The predicted molar refractivity (Wildman–Crippen MR) is 85.4 cm³/mol. The predicted octanol–water partition coefficient (Wildman–Crippen LogP) is 0.498. The highest BCUT2D eigenvalue weighted by atomic mass is 32.2. The average Bonchev–Trinajstić information content (AvgIpc) is 2.78. The Morgan fingerprint density at radius 3 is 2.42 bits per heavy atom. The minimum absolute atomic E-state index is 0.111. The number of aromatic amines is 1. The molecule has 8 nitrogen and oxygen atoms in total. The summed E-state index contributed by atoms with van der Waals surface area (Å²) in [6.07, 6.45) is 0. The van der Waals surface area contributed by atoms with Crippen molar-refractivity contribution >= 4 is 29.5 Å². The lowest BCUT2D eigenvalue weighted by Gasteiger charge is -2.14. The molecule has 0 bridgehead atoms. The largest absolute Gasteiger partial charge is 0.301 e. The van der Waals surface area contributed by atoms with Gasteiger partial charge in [0, 0.05) is 11.8 Å². The van der Waals surface area contributed by atoms with Gasteiger partial charge in [0.05, 0.1) is 16.9 Å². The fourth-order valence-electron chi connectivity index (χ4n) is 2.20. The number of carbonyl (C=O) groups is 3. The minimum Gasteiger partial charge on any atom is -0.301 e. The molecule has 1 aromatic carbocycles. The molecule has 122 valence electrons. The molecular weight excluding hydrogens is 332 g/mol. The molecule has 0 atom stereocenters. The Labute approximate surface area is 140 Å². The first-order valence-corrected chi connectivity index (χ1v) is 7.92. The van der Waals surface area contributed by atoms with Crippen molar-refractivity contribution in [3.63, 3.8) is 0 Å². The zero-order valence-corrected chi connectivity index (χ0v) is 13.3. The second-order valence-corrected chi connectivity index (χ2v) is 5.97. The lowest BCUT2D eigenvalue weighted by molar-refractivity contribution is -0.121. The van der Waals surface area contributed by atoms with E-state index in [1.807, 2.05) is 0 Å². The van der Waals surface area contributed by atoms with Crippen molar-refractivity contribution in [2.45, 2.75) is 12.1 Å². The van der Waals surface area contributed by atoms with Gasteiger partial charge < -0.3 is 4.98 Å². The van der Waals surface area contributed by atoms with Crippen LogP contribution in [0.4, 0.5) is 0 Å². The number of nitrogens with zero attached hydrogens (tertiary/aromatic N) is 2. The Kier molecular flexibility index (Phi) is 4.17. The number of fused-ring (bicyclic) bond motifs is 1. The third-order valence-electron chi connectivity index (χ3n) is 3.22. The van der Waals surface area contributed by atoms with Crippen molar-refractivity contribution in [3.8, 4) is 0 Å². The maximum atomic E-state index is 12.1. The average molecular weight is 344 g/mol. The van der Waals surface area contributed by atoms with Gasteiger partial charge >= 0.3 is 0 Å². The van der Waals surface area contributed by atoms with Crippen LogP contribution in [0.25, 0.3) is 0 Å². The Hall–Kier alpha value is -2.94. The van der Waals surface area contributed by atoms with Gasteiger partial charge in [-0.25, -0.2) is 4.98 Å². The van der Waals surface area contributed by atoms with E-state index >= 15 is 0 Å². The summed E-state index contributed by atoms with van der Waals surface area (Å²) in [6.45, 7) is 1.66. The number of nitrogens with one attached hydrogen (secondary N) is 2. The van der Waals surface area contributed by atoms with E-state index in [9.17, 15) is 19.2 Å². The summed E-state index contributed by atoms with van der Waals surface area (Å²) in [6, 6.07) is 7.68. The molecule has 0 saturated carbocycles. The van der Waals surface area contributed by atoms with Gasteiger partial charge in [0.2, 0.25) is 5.91 Å². The molecule has 0 aliphatic carbocycles. The van der Waals surface area contributed by atoms with E-state index in [-0.39, 0.29) is 27.6 Å². The van der Waals surface area contributed by atoms with Crippen LogP contribution >= 0.6 is 11.8 Å². The number of thioether (sulfide) groups is 1. The number of H-pyrrole nitrogens is 1. The molecule has 2 N–H and O–H groups in total. The third-order valence-corrected chi connectivity index (χ3v) is 4.09. The Bertz CT molecular complexity index is 873. The van der Waals surface area contributed by atoms with Gasteiger partial charge in [0.25, 0.3) is 17.4 Å². The molecule has 0 saturated heterocycles. The van der Waals surface area contributed by atoms with Gasteiger partial charge in [0.1, 0.15) is 0 Å². The quantitative estimate of drug-likeness (QED) is 0.474. The molecule has 2 heterocycles. The maximum absolute atomic E-state index is 12.1. The highest BCUT2D eigenvalue weighted by molar-refractivity contribution is 7.99. The number of hydrogen-bond acceptors (Lipinski definition) is 6. The van der Waals surface area contributed by atoms with Gasteiger partial charge in [-0.05, 0) is 19.1 Å². The fourth-order valence-corrected chi connectivity index (χ4v) is 2.92. The van der Waals surface area contributed by atoms with E-state index in [1.165, 1.54) is 18.2 Å². The standard InChI is InChI=1S/C15H12N4O4S/c1-8-6-11(20)17-15(16-8)24-7-12(21)18-19-13(22)9-4-2-3-5-10(9)14(19)23/h2-6H,7H2,1H3,(H,18,21)(H,16,17,20). The summed E-state index contributed by atoms with van der Waals surface area (Å²) in [5.41, 5.74) is 3.00. The molecule has 0 spiro atoms. The van der Waals surface area contributed by atoms with Crippen molar-refractivity contribution in [1.29, 1.82) is 0 Å². The zero-order valence-electron chi connectivity index (χ0n) is 12.5.